The van der Waals surface area contributed by atoms with Gasteiger partial charge in [0.05, 0.1) is 11.2 Å². The smallest absolute Gasteiger partial charge is 0.162 e. The van der Waals surface area contributed by atoms with Gasteiger partial charge < -0.3 is 9.88 Å². The van der Waals surface area contributed by atoms with E-state index in [9.17, 15) is 4.39 Å². The number of nitrogens with zero attached hydrogens (tertiary/aromatic N) is 5. The lowest BCUT2D eigenvalue weighted by molar-refractivity contribution is 0.614. The summed E-state index contributed by atoms with van der Waals surface area (Å²) in [7, 11) is 0. The highest BCUT2D eigenvalue weighted by Crippen LogP contribution is 2.25. The second-order valence-electron chi connectivity index (χ2n) is 7.13. The Balaban J connectivity index is 1.46. The van der Waals surface area contributed by atoms with Gasteiger partial charge in [0.1, 0.15) is 17.5 Å². The first-order valence-electron chi connectivity index (χ1n) is 9.89. The highest BCUT2D eigenvalue weighted by atomic mass is 19.1. The SMILES string of the molecule is Cc1nccn1-c1ccc(CNc2nc(-c3ccncc3)nc3ccccc23)cc1F. The number of imidazole rings is 1. The van der Waals surface area contributed by atoms with Crippen molar-refractivity contribution in [2.24, 2.45) is 0 Å². The number of pyridine rings is 1. The van der Waals surface area contributed by atoms with E-state index in [1.165, 1.54) is 6.07 Å². The van der Waals surface area contributed by atoms with Gasteiger partial charge in [-0.1, -0.05) is 18.2 Å². The van der Waals surface area contributed by atoms with Crippen molar-refractivity contribution < 1.29 is 4.39 Å². The second-order valence-corrected chi connectivity index (χ2v) is 7.13. The fourth-order valence-corrected chi connectivity index (χ4v) is 3.52. The third kappa shape index (κ3) is 3.73. The molecule has 0 aliphatic heterocycles. The number of halogens is 1. The summed E-state index contributed by atoms with van der Waals surface area (Å²) in [5.41, 5.74) is 3.01. The number of para-hydroxylation sites is 1. The number of fused-ring (bicyclic) bond motifs is 1. The van der Waals surface area contributed by atoms with Crippen LogP contribution in [0.15, 0.2) is 79.4 Å². The van der Waals surface area contributed by atoms with Gasteiger partial charge in [-0.15, -0.1) is 0 Å². The fraction of sp³-hybridized carbons (Fsp3) is 0.0833. The molecule has 0 saturated heterocycles. The minimum atomic E-state index is -0.301. The third-order valence-corrected chi connectivity index (χ3v) is 5.10. The van der Waals surface area contributed by atoms with Gasteiger partial charge in [-0.05, 0) is 48.9 Å². The highest BCUT2D eigenvalue weighted by Gasteiger charge is 2.11. The third-order valence-electron chi connectivity index (χ3n) is 5.10. The lowest BCUT2D eigenvalue weighted by Gasteiger charge is -2.12. The van der Waals surface area contributed by atoms with Gasteiger partial charge in [0, 0.05) is 42.3 Å². The largest absolute Gasteiger partial charge is 0.365 e. The summed E-state index contributed by atoms with van der Waals surface area (Å²) in [5.74, 6) is 1.75. The van der Waals surface area contributed by atoms with E-state index in [0.717, 1.165) is 27.9 Å². The molecule has 0 unspecified atom stereocenters. The van der Waals surface area contributed by atoms with Gasteiger partial charge in [0.2, 0.25) is 0 Å². The molecule has 0 aliphatic carbocycles. The zero-order valence-corrected chi connectivity index (χ0v) is 16.8. The van der Waals surface area contributed by atoms with Crippen LogP contribution in [0.4, 0.5) is 10.2 Å². The van der Waals surface area contributed by atoms with Gasteiger partial charge in [-0.25, -0.2) is 19.3 Å². The molecule has 0 amide bonds. The average Bonchev–Trinajstić information content (AvgIpc) is 3.23. The lowest BCUT2D eigenvalue weighted by atomic mass is 10.1. The van der Waals surface area contributed by atoms with Gasteiger partial charge in [0.15, 0.2) is 5.82 Å². The molecule has 0 saturated carbocycles. The molecular formula is C24H19FN6. The van der Waals surface area contributed by atoms with E-state index < -0.39 is 0 Å². The predicted octanol–water partition coefficient (Wildman–Crippen LogP) is 4.94. The molecular weight excluding hydrogens is 391 g/mol. The van der Waals surface area contributed by atoms with Crippen molar-refractivity contribution in [2.45, 2.75) is 13.5 Å². The molecule has 0 aliphatic rings. The van der Waals surface area contributed by atoms with E-state index in [-0.39, 0.29) is 5.82 Å². The van der Waals surface area contributed by atoms with Crippen molar-refractivity contribution in [3.05, 3.63) is 96.6 Å². The van der Waals surface area contributed by atoms with E-state index in [0.29, 0.717) is 23.9 Å². The number of aryl methyl sites for hydroxylation is 1. The van der Waals surface area contributed by atoms with Crippen LogP contribution < -0.4 is 5.32 Å². The van der Waals surface area contributed by atoms with Crippen LogP contribution in [-0.2, 0) is 6.54 Å². The fourth-order valence-electron chi connectivity index (χ4n) is 3.52. The molecule has 3 aromatic heterocycles. The molecule has 0 spiro atoms. The highest BCUT2D eigenvalue weighted by molar-refractivity contribution is 5.90. The number of hydrogen-bond donors (Lipinski definition) is 1. The maximum absolute atomic E-state index is 14.7. The molecule has 0 atom stereocenters. The molecule has 3 heterocycles. The van der Waals surface area contributed by atoms with E-state index in [1.54, 1.807) is 35.4 Å². The van der Waals surface area contributed by atoms with Gasteiger partial charge in [0.25, 0.3) is 0 Å². The Kier molecular flexibility index (Phi) is 4.84. The molecule has 1 N–H and O–H groups in total. The summed E-state index contributed by atoms with van der Waals surface area (Å²) in [5, 5.41) is 4.26. The Labute approximate surface area is 178 Å². The molecule has 5 rings (SSSR count). The summed E-state index contributed by atoms with van der Waals surface area (Å²) < 4.78 is 16.5. The Morgan fingerprint density at radius 2 is 1.81 bits per heavy atom. The van der Waals surface area contributed by atoms with Gasteiger partial charge >= 0.3 is 0 Å². The molecule has 31 heavy (non-hydrogen) atoms. The Morgan fingerprint density at radius 1 is 0.968 bits per heavy atom. The van der Waals surface area contributed by atoms with Crippen LogP contribution in [0.25, 0.3) is 28.0 Å². The Bertz CT molecular complexity index is 1360. The molecule has 6 nitrogen and oxygen atoms in total. The van der Waals surface area contributed by atoms with E-state index in [1.807, 2.05) is 49.4 Å². The van der Waals surface area contributed by atoms with Gasteiger partial charge in [-0.3, -0.25) is 4.98 Å². The van der Waals surface area contributed by atoms with Crippen molar-refractivity contribution in [2.75, 3.05) is 5.32 Å². The number of nitrogens with one attached hydrogen (secondary N) is 1. The summed E-state index contributed by atoms with van der Waals surface area (Å²) >= 11 is 0. The second kappa shape index (κ2) is 7.95. The number of anilines is 1. The summed E-state index contributed by atoms with van der Waals surface area (Å²) in [6.07, 6.45) is 6.84. The summed E-state index contributed by atoms with van der Waals surface area (Å²) in [6.45, 7) is 2.27. The van der Waals surface area contributed by atoms with Crippen molar-refractivity contribution in [3.8, 4) is 17.1 Å². The van der Waals surface area contributed by atoms with Crippen LogP contribution in [0, 0.1) is 12.7 Å². The summed E-state index contributed by atoms with van der Waals surface area (Å²) in [6, 6.07) is 16.8. The topological polar surface area (TPSA) is 68.5 Å². The van der Waals surface area contributed by atoms with E-state index in [4.69, 9.17) is 4.98 Å². The molecule has 2 aromatic carbocycles. The lowest BCUT2D eigenvalue weighted by Crippen LogP contribution is -2.06. The van der Waals surface area contributed by atoms with Crippen molar-refractivity contribution in [1.29, 1.82) is 0 Å². The van der Waals surface area contributed by atoms with Crippen molar-refractivity contribution in [3.63, 3.8) is 0 Å². The molecule has 0 fully saturated rings. The van der Waals surface area contributed by atoms with Crippen LogP contribution >= 0.6 is 0 Å². The standard InChI is InChI=1S/C24H19FN6/c1-16-27-12-13-31(16)22-7-6-17(14-20(22)25)15-28-24-19-4-2-3-5-21(19)29-23(30-24)18-8-10-26-11-9-18/h2-14H,15H2,1H3,(H,28,29,30). The van der Waals surface area contributed by atoms with Crippen LogP contribution in [-0.4, -0.2) is 24.5 Å². The first kappa shape index (κ1) is 18.9. The first-order chi connectivity index (χ1) is 15.2. The number of hydrogen-bond acceptors (Lipinski definition) is 5. The Morgan fingerprint density at radius 3 is 2.58 bits per heavy atom. The first-order valence-corrected chi connectivity index (χ1v) is 9.89. The number of rotatable bonds is 5. The average molecular weight is 410 g/mol. The Hall–Kier alpha value is -4.13. The zero-order valence-electron chi connectivity index (χ0n) is 16.8. The van der Waals surface area contributed by atoms with Crippen LogP contribution in [0.1, 0.15) is 11.4 Å². The molecule has 152 valence electrons. The minimum Gasteiger partial charge on any atom is -0.365 e. The molecule has 7 heteroatoms. The van der Waals surface area contributed by atoms with Crippen molar-refractivity contribution >= 4 is 16.7 Å². The van der Waals surface area contributed by atoms with Crippen LogP contribution in [0.5, 0.6) is 0 Å². The summed E-state index contributed by atoms with van der Waals surface area (Å²) in [4.78, 5) is 17.6. The number of aromatic nitrogens is 5. The van der Waals surface area contributed by atoms with Crippen LogP contribution in [0.2, 0.25) is 0 Å². The zero-order chi connectivity index (χ0) is 21.2. The molecule has 0 radical (unpaired) electrons. The van der Waals surface area contributed by atoms with Crippen LogP contribution in [0.3, 0.4) is 0 Å². The normalized spacial score (nSPS) is 11.0. The molecule has 5 aromatic rings. The number of benzene rings is 2. The maximum Gasteiger partial charge on any atom is 0.162 e. The van der Waals surface area contributed by atoms with E-state index in [2.05, 4.69) is 20.3 Å². The van der Waals surface area contributed by atoms with Gasteiger partial charge in [-0.2, -0.15) is 0 Å². The van der Waals surface area contributed by atoms with E-state index >= 15 is 0 Å². The van der Waals surface area contributed by atoms with Crippen molar-refractivity contribution in [1.82, 2.24) is 24.5 Å². The minimum absolute atomic E-state index is 0.301. The quantitative estimate of drug-likeness (QED) is 0.445. The molecule has 0 bridgehead atoms. The maximum atomic E-state index is 14.7. The monoisotopic (exact) mass is 410 g/mol. The predicted molar refractivity (Wildman–Crippen MR) is 118 cm³/mol.